The van der Waals surface area contributed by atoms with E-state index in [9.17, 15) is 4.79 Å². The van der Waals surface area contributed by atoms with Crippen LogP contribution in [0.3, 0.4) is 0 Å². The van der Waals surface area contributed by atoms with Crippen molar-refractivity contribution in [2.75, 3.05) is 19.4 Å². The molecule has 0 saturated heterocycles. The van der Waals surface area contributed by atoms with Gasteiger partial charge in [-0.15, -0.1) is 0 Å². The standard InChI is InChI=1S/C15H18N4O/c1-11-5-4-6-13(18-11)10-17-12-7-8-16-14(9-12)15(20)19(2)3/h4-9H,10H2,1-3H3,(H,16,17). The molecule has 5 heteroatoms. The first-order chi connectivity index (χ1) is 9.56. The molecule has 0 aliphatic carbocycles. The highest BCUT2D eigenvalue weighted by atomic mass is 16.2. The number of anilines is 1. The molecule has 5 nitrogen and oxygen atoms in total. The Bertz CT molecular complexity index is 610. The third-order valence-electron chi connectivity index (χ3n) is 2.80. The molecule has 2 rings (SSSR count). The summed E-state index contributed by atoms with van der Waals surface area (Å²) >= 11 is 0. The van der Waals surface area contributed by atoms with Gasteiger partial charge in [0, 0.05) is 31.7 Å². The molecule has 2 heterocycles. The number of aromatic nitrogens is 2. The highest BCUT2D eigenvalue weighted by molar-refractivity contribution is 5.92. The Morgan fingerprint density at radius 1 is 1.30 bits per heavy atom. The summed E-state index contributed by atoms with van der Waals surface area (Å²) in [5.41, 5.74) is 3.23. The maximum Gasteiger partial charge on any atom is 0.272 e. The molecule has 0 bridgehead atoms. The van der Waals surface area contributed by atoms with E-state index in [-0.39, 0.29) is 5.91 Å². The Balaban J connectivity index is 2.07. The van der Waals surface area contributed by atoms with Crippen molar-refractivity contribution in [1.82, 2.24) is 14.9 Å². The van der Waals surface area contributed by atoms with Gasteiger partial charge < -0.3 is 10.2 Å². The van der Waals surface area contributed by atoms with Crippen LogP contribution in [0.15, 0.2) is 36.5 Å². The lowest BCUT2D eigenvalue weighted by molar-refractivity contribution is 0.0822. The SMILES string of the molecule is Cc1cccc(CNc2ccnc(C(=O)N(C)C)c2)n1. The number of rotatable bonds is 4. The molecule has 104 valence electrons. The Labute approximate surface area is 118 Å². The van der Waals surface area contributed by atoms with Crippen LogP contribution in [0, 0.1) is 6.92 Å². The van der Waals surface area contributed by atoms with Crippen molar-refractivity contribution < 1.29 is 4.79 Å². The molecule has 2 aromatic rings. The maximum atomic E-state index is 11.8. The number of amides is 1. The lowest BCUT2D eigenvalue weighted by atomic mass is 10.2. The van der Waals surface area contributed by atoms with Gasteiger partial charge in [0.2, 0.25) is 0 Å². The van der Waals surface area contributed by atoms with Gasteiger partial charge in [0.1, 0.15) is 5.69 Å². The van der Waals surface area contributed by atoms with Gasteiger partial charge in [0.05, 0.1) is 12.2 Å². The summed E-state index contributed by atoms with van der Waals surface area (Å²) in [6, 6.07) is 9.49. The molecule has 0 aliphatic heterocycles. The van der Waals surface area contributed by atoms with Crippen molar-refractivity contribution in [2.24, 2.45) is 0 Å². The number of nitrogens with one attached hydrogen (secondary N) is 1. The van der Waals surface area contributed by atoms with E-state index in [2.05, 4.69) is 15.3 Å². The number of carbonyl (C=O) groups excluding carboxylic acids is 1. The molecule has 0 spiro atoms. The lowest BCUT2D eigenvalue weighted by Gasteiger charge is -2.11. The third-order valence-corrected chi connectivity index (χ3v) is 2.80. The second kappa shape index (κ2) is 6.14. The highest BCUT2D eigenvalue weighted by Gasteiger charge is 2.09. The van der Waals surface area contributed by atoms with Crippen molar-refractivity contribution in [3.63, 3.8) is 0 Å². The Kier molecular flexibility index (Phi) is 4.30. The smallest absolute Gasteiger partial charge is 0.272 e. The van der Waals surface area contributed by atoms with Crippen molar-refractivity contribution in [3.8, 4) is 0 Å². The summed E-state index contributed by atoms with van der Waals surface area (Å²) in [7, 11) is 3.42. The quantitative estimate of drug-likeness (QED) is 0.924. The van der Waals surface area contributed by atoms with Crippen LogP contribution in [0.25, 0.3) is 0 Å². The first-order valence-electron chi connectivity index (χ1n) is 6.40. The summed E-state index contributed by atoms with van der Waals surface area (Å²) < 4.78 is 0. The minimum absolute atomic E-state index is 0.109. The molecule has 0 unspecified atom stereocenters. The van der Waals surface area contributed by atoms with E-state index in [1.165, 1.54) is 4.90 Å². The van der Waals surface area contributed by atoms with Crippen LogP contribution in [0.4, 0.5) is 5.69 Å². The third kappa shape index (κ3) is 3.54. The van der Waals surface area contributed by atoms with Gasteiger partial charge in [-0.1, -0.05) is 6.07 Å². The number of carbonyl (C=O) groups is 1. The average Bonchev–Trinajstić information content (AvgIpc) is 2.44. The van der Waals surface area contributed by atoms with Gasteiger partial charge in [-0.25, -0.2) is 0 Å². The predicted molar refractivity (Wildman–Crippen MR) is 78.6 cm³/mol. The zero-order valence-electron chi connectivity index (χ0n) is 11.9. The van der Waals surface area contributed by atoms with E-state index < -0.39 is 0 Å². The minimum Gasteiger partial charge on any atom is -0.379 e. The minimum atomic E-state index is -0.109. The molecule has 0 aliphatic rings. The van der Waals surface area contributed by atoms with Crippen LogP contribution in [-0.4, -0.2) is 34.9 Å². The fourth-order valence-corrected chi connectivity index (χ4v) is 1.78. The summed E-state index contributed by atoms with van der Waals surface area (Å²) in [5, 5.41) is 3.25. The van der Waals surface area contributed by atoms with Crippen molar-refractivity contribution in [3.05, 3.63) is 53.6 Å². The predicted octanol–water partition coefficient (Wildman–Crippen LogP) is 2.10. The van der Waals surface area contributed by atoms with E-state index >= 15 is 0 Å². The highest BCUT2D eigenvalue weighted by Crippen LogP contribution is 2.10. The fraction of sp³-hybridized carbons (Fsp3) is 0.267. The van der Waals surface area contributed by atoms with Gasteiger partial charge in [-0.3, -0.25) is 14.8 Å². The molecule has 0 atom stereocenters. The van der Waals surface area contributed by atoms with Crippen LogP contribution in [-0.2, 0) is 6.54 Å². The topological polar surface area (TPSA) is 58.1 Å². The largest absolute Gasteiger partial charge is 0.379 e. The van der Waals surface area contributed by atoms with Gasteiger partial charge in [-0.05, 0) is 31.2 Å². The monoisotopic (exact) mass is 270 g/mol. The molecule has 1 N–H and O–H groups in total. The van der Waals surface area contributed by atoms with Gasteiger partial charge in [0.25, 0.3) is 5.91 Å². The van der Waals surface area contributed by atoms with Crippen LogP contribution >= 0.6 is 0 Å². The van der Waals surface area contributed by atoms with Crippen LogP contribution in [0.2, 0.25) is 0 Å². The van der Waals surface area contributed by atoms with Crippen LogP contribution in [0.1, 0.15) is 21.9 Å². The summed E-state index contributed by atoms with van der Waals surface area (Å²) in [6.45, 7) is 2.57. The maximum absolute atomic E-state index is 11.8. The van der Waals surface area contributed by atoms with Gasteiger partial charge in [0.15, 0.2) is 0 Å². The second-order valence-electron chi connectivity index (χ2n) is 4.75. The van der Waals surface area contributed by atoms with Gasteiger partial charge in [-0.2, -0.15) is 0 Å². The number of hydrogen-bond donors (Lipinski definition) is 1. The van der Waals surface area contributed by atoms with E-state index in [0.717, 1.165) is 17.1 Å². The Hall–Kier alpha value is -2.43. The van der Waals surface area contributed by atoms with E-state index in [4.69, 9.17) is 0 Å². The summed E-state index contributed by atoms with van der Waals surface area (Å²) in [6.07, 6.45) is 1.63. The summed E-state index contributed by atoms with van der Waals surface area (Å²) in [5.74, 6) is -0.109. The number of pyridine rings is 2. The van der Waals surface area contributed by atoms with Crippen molar-refractivity contribution in [1.29, 1.82) is 0 Å². The molecule has 0 saturated carbocycles. The molecule has 0 radical (unpaired) electrons. The first kappa shape index (κ1) is 14.0. The molecule has 0 fully saturated rings. The zero-order valence-corrected chi connectivity index (χ0v) is 11.9. The number of nitrogens with zero attached hydrogens (tertiary/aromatic N) is 3. The van der Waals surface area contributed by atoms with Crippen LogP contribution < -0.4 is 5.32 Å². The fourth-order valence-electron chi connectivity index (χ4n) is 1.78. The summed E-state index contributed by atoms with van der Waals surface area (Å²) in [4.78, 5) is 21.9. The normalized spacial score (nSPS) is 10.2. The van der Waals surface area contributed by atoms with Crippen molar-refractivity contribution >= 4 is 11.6 Å². The molecule has 20 heavy (non-hydrogen) atoms. The Morgan fingerprint density at radius 2 is 2.10 bits per heavy atom. The molecular formula is C15H18N4O. The number of hydrogen-bond acceptors (Lipinski definition) is 4. The first-order valence-corrected chi connectivity index (χ1v) is 6.40. The van der Waals surface area contributed by atoms with E-state index in [1.54, 1.807) is 26.4 Å². The van der Waals surface area contributed by atoms with Gasteiger partial charge >= 0.3 is 0 Å². The molecule has 1 amide bonds. The number of aryl methyl sites for hydroxylation is 1. The second-order valence-corrected chi connectivity index (χ2v) is 4.75. The van der Waals surface area contributed by atoms with E-state index in [0.29, 0.717) is 12.2 Å². The van der Waals surface area contributed by atoms with Crippen molar-refractivity contribution in [2.45, 2.75) is 13.5 Å². The molecule has 0 aromatic carbocycles. The van der Waals surface area contributed by atoms with Crippen LogP contribution in [0.5, 0.6) is 0 Å². The Morgan fingerprint density at radius 3 is 2.80 bits per heavy atom. The molecular weight excluding hydrogens is 252 g/mol. The molecule has 2 aromatic heterocycles. The van der Waals surface area contributed by atoms with E-state index in [1.807, 2.05) is 31.2 Å². The lowest BCUT2D eigenvalue weighted by Crippen LogP contribution is -2.22. The average molecular weight is 270 g/mol. The zero-order chi connectivity index (χ0) is 14.5.